The number of hydrogen-bond acceptors (Lipinski definition) is 4. The predicted octanol–water partition coefficient (Wildman–Crippen LogP) is 0.806. The molecule has 0 aromatic heterocycles. The lowest BCUT2D eigenvalue weighted by Crippen LogP contribution is -2.25. The maximum absolute atomic E-state index is 5.78. The molecule has 15 heavy (non-hydrogen) atoms. The molecule has 2 unspecified atom stereocenters. The van der Waals surface area contributed by atoms with Crippen LogP contribution in [0.3, 0.4) is 0 Å². The van der Waals surface area contributed by atoms with Gasteiger partial charge in [-0.1, -0.05) is 0 Å². The van der Waals surface area contributed by atoms with Crippen molar-refractivity contribution in [3.05, 3.63) is 0 Å². The van der Waals surface area contributed by atoms with Gasteiger partial charge in [-0.15, -0.1) is 0 Å². The lowest BCUT2D eigenvalue weighted by Gasteiger charge is -2.13. The Morgan fingerprint density at radius 3 is 2.67 bits per heavy atom. The molecule has 1 aliphatic heterocycles. The molecule has 4 nitrogen and oxygen atoms in total. The van der Waals surface area contributed by atoms with Gasteiger partial charge in [0.15, 0.2) is 0 Å². The van der Waals surface area contributed by atoms with Crippen molar-refractivity contribution >= 4 is 0 Å². The van der Waals surface area contributed by atoms with Gasteiger partial charge in [0.1, 0.15) is 0 Å². The third-order valence-electron chi connectivity index (χ3n) is 2.51. The third-order valence-corrected chi connectivity index (χ3v) is 2.51. The first-order valence-electron chi connectivity index (χ1n) is 5.82. The van der Waals surface area contributed by atoms with E-state index in [0.29, 0.717) is 25.9 Å². The van der Waals surface area contributed by atoms with Gasteiger partial charge in [0.05, 0.1) is 32.0 Å². The van der Waals surface area contributed by atoms with Crippen LogP contribution in [0.4, 0.5) is 0 Å². The van der Waals surface area contributed by atoms with Crippen molar-refractivity contribution in [3.63, 3.8) is 0 Å². The molecule has 4 heteroatoms. The van der Waals surface area contributed by atoms with Crippen molar-refractivity contribution in [3.8, 4) is 0 Å². The molecule has 0 radical (unpaired) electrons. The summed E-state index contributed by atoms with van der Waals surface area (Å²) in [5, 5.41) is 3.13. The zero-order valence-electron chi connectivity index (χ0n) is 9.83. The highest BCUT2D eigenvalue weighted by Crippen LogP contribution is 2.19. The summed E-state index contributed by atoms with van der Waals surface area (Å²) < 4.78 is 16.4. The highest BCUT2D eigenvalue weighted by atomic mass is 16.6. The molecular weight excluding hydrogens is 194 g/mol. The average Bonchev–Trinajstić information content (AvgIpc) is 2.66. The maximum Gasteiger partial charge on any atom is 0.0813 e. The monoisotopic (exact) mass is 217 g/mol. The average molecular weight is 217 g/mol. The van der Waals surface area contributed by atoms with Gasteiger partial charge in [-0.25, -0.2) is 0 Å². The van der Waals surface area contributed by atoms with Crippen molar-refractivity contribution in [1.29, 1.82) is 0 Å². The summed E-state index contributed by atoms with van der Waals surface area (Å²) in [7, 11) is 1.95. The van der Waals surface area contributed by atoms with Crippen molar-refractivity contribution in [2.75, 3.05) is 40.0 Å². The highest BCUT2D eigenvalue weighted by molar-refractivity contribution is 4.74. The van der Waals surface area contributed by atoms with Crippen LogP contribution in [-0.2, 0) is 14.2 Å². The van der Waals surface area contributed by atoms with Crippen molar-refractivity contribution < 1.29 is 14.2 Å². The van der Waals surface area contributed by atoms with E-state index in [-0.39, 0.29) is 6.10 Å². The Balaban J connectivity index is 1.94. The van der Waals surface area contributed by atoms with Crippen LogP contribution in [0.15, 0.2) is 0 Å². The summed E-state index contributed by atoms with van der Waals surface area (Å²) in [5.41, 5.74) is 0. The number of rotatable bonds is 8. The Hall–Kier alpha value is -0.160. The summed E-state index contributed by atoms with van der Waals surface area (Å²) in [6, 6.07) is 0. The second-order valence-corrected chi connectivity index (χ2v) is 3.79. The molecule has 1 rings (SSSR count). The Labute approximate surface area is 92.3 Å². The Morgan fingerprint density at radius 2 is 1.93 bits per heavy atom. The second-order valence-electron chi connectivity index (χ2n) is 3.79. The first-order valence-corrected chi connectivity index (χ1v) is 5.82. The number of nitrogens with one attached hydrogen (secondary N) is 1. The van der Waals surface area contributed by atoms with Crippen molar-refractivity contribution in [2.45, 2.75) is 32.0 Å². The van der Waals surface area contributed by atoms with Crippen LogP contribution in [0.2, 0.25) is 0 Å². The molecule has 2 atom stereocenters. The van der Waals surface area contributed by atoms with E-state index in [1.54, 1.807) is 0 Å². The molecule has 1 heterocycles. The minimum atomic E-state index is 0.282. The Kier molecular flexibility index (Phi) is 6.92. The van der Waals surface area contributed by atoms with Gasteiger partial charge in [-0.3, -0.25) is 0 Å². The minimum Gasteiger partial charge on any atom is -0.379 e. The minimum absolute atomic E-state index is 0.282. The quantitative estimate of drug-likeness (QED) is 0.611. The highest BCUT2D eigenvalue weighted by Gasteiger charge is 2.24. The molecule has 0 amide bonds. The standard InChI is InChI=1S/C11H23NO3/c1-3-13-6-7-14-9-11-5-4-10(15-11)8-12-2/h10-12H,3-9H2,1-2H3. The van der Waals surface area contributed by atoms with E-state index in [1.165, 1.54) is 0 Å². The lowest BCUT2D eigenvalue weighted by molar-refractivity contribution is -0.0271. The van der Waals surface area contributed by atoms with Gasteiger partial charge >= 0.3 is 0 Å². The van der Waals surface area contributed by atoms with Crippen LogP contribution in [0.25, 0.3) is 0 Å². The molecule has 1 saturated heterocycles. The Bertz CT molecular complexity index is 155. The van der Waals surface area contributed by atoms with Crippen molar-refractivity contribution in [1.82, 2.24) is 5.32 Å². The van der Waals surface area contributed by atoms with E-state index in [1.807, 2.05) is 14.0 Å². The summed E-state index contributed by atoms with van der Waals surface area (Å²) in [6.45, 7) is 5.74. The fourth-order valence-corrected chi connectivity index (χ4v) is 1.76. The fraction of sp³-hybridized carbons (Fsp3) is 1.00. The van der Waals surface area contributed by atoms with Gasteiger partial charge < -0.3 is 19.5 Å². The fourth-order valence-electron chi connectivity index (χ4n) is 1.76. The molecule has 90 valence electrons. The van der Waals surface area contributed by atoms with E-state index in [4.69, 9.17) is 14.2 Å². The third kappa shape index (κ3) is 5.47. The topological polar surface area (TPSA) is 39.7 Å². The number of ether oxygens (including phenoxy) is 3. The SMILES string of the molecule is CCOCCOCC1CCC(CNC)O1. The number of likely N-dealkylation sites (N-methyl/N-ethyl adjacent to an activating group) is 1. The van der Waals surface area contributed by atoms with Crippen molar-refractivity contribution in [2.24, 2.45) is 0 Å². The van der Waals surface area contributed by atoms with Crippen LogP contribution in [-0.4, -0.2) is 52.2 Å². The molecule has 1 N–H and O–H groups in total. The molecule has 0 aromatic carbocycles. The van der Waals surface area contributed by atoms with E-state index < -0.39 is 0 Å². The summed E-state index contributed by atoms with van der Waals surface area (Å²) >= 11 is 0. The van der Waals surface area contributed by atoms with Crippen LogP contribution in [0, 0.1) is 0 Å². The number of hydrogen-bond donors (Lipinski definition) is 1. The molecular formula is C11H23NO3. The molecule has 0 aromatic rings. The summed E-state index contributed by atoms with van der Waals surface area (Å²) in [4.78, 5) is 0. The molecule has 0 bridgehead atoms. The Morgan fingerprint density at radius 1 is 1.20 bits per heavy atom. The van der Waals surface area contributed by atoms with Gasteiger partial charge in [0.25, 0.3) is 0 Å². The normalized spacial score (nSPS) is 26.0. The first kappa shape index (κ1) is 12.9. The van der Waals surface area contributed by atoms with E-state index >= 15 is 0 Å². The van der Waals surface area contributed by atoms with Gasteiger partial charge in [0, 0.05) is 13.2 Å². The van der Waals surface area contributed by atoms with E-state index in [9.17, 15) is 0 Å². The first-order chi connectivity index (χ1) is 7.36. The maximum atomic E-state index is 5.78. The second kappa shape index (κ2) is 8.05. The smallest absolute Gasteiger partial charge is 0.0813 e. The lowest BCUT2D eigenvalue weighted by atomic mass is 10.2. The van der Waals surface area contributed by atoms with Gasteiger partial charge in [0.2, 0.25) is 0 Å². The largest absolute Gasteiger partial charge is 0.379 e. The zero-order valence-corrected chi connectivity index (χ0v) is 9.83. The van der Waals surface area contributed by atoms with Crippen LogP contribution >= 0.6 is 0 Å². The summed E-state index contributed by atoms with van der Waals surface area (Å²) in [6.07, 6.45) is 2.90. The van der Waals surface area contributed by atoms with Crippen LogP contribution in [0.5, 0.6) is 0 Å². The zero-order chi connectivity index (χ0) is 10.9. The predicted molar refractivity (Wildman–Crippen MR) is 59.1 cm³/mol. The van der Waals surface area contributed by atoms with Gasteiger partial charge in [-0.05, 0) is 26.8 Å². The summed E-state index contributed by atoms with van der Waals surface area (Å²) in [5.74, 6) is 0. The van der Waals surface area contributed by atoms with E-state index in [2.05, 4.69) is 5.32 Å². The van der Waals surface area contributed by atoms with Gasteiger partial charge in [-0.2, -0.15) is 0 Å². The molecule has 0 saturated carbocycles. The van der Waals surface area contributed by atoms with Crippen LogP contribution < -0.4 is 5.32 Å². The van der Waals surface area contributed by atoms with Crippen LogP contribution in [0.1, 0.15) is 19.8 Å². The van der Waals surface area contributed by atoms with E-state index in [0.717, 1.165) is 26.0 Å². The molecule has 1 aliphatic rings. The molecule has 0 spiro atoms. The molecule has 0 aliphatic carbocycles. The molecule has 1 fully saturated rings.